The van der Waals surface area contributed by atoms with E-state index in [-0.39, 0.29) is 18.2 Å². The first-order valence-electron chi connectivity index (χ1n) is 8.79. The summed E-state index contributed by atoms with van der Waals surface area (Å²) in [4.78, 5) is 23.9. The van der Waals surface area contributed by atoms with Crippen molar-refractivity contribution in [3.63, 3.8) is 0 Å². The molecule has 0 aromatic heterocycles. The number of ether oxygens (including phenoxy) is 2. The number of aliphatic carboxylic acids is 1. The summed E-state index contributed by atoms with van der Waals surface area (Å²) in [6.45, 7) is 0. The van der Waals surface area contributed by atoms with Gasteiger partial charge in [0.2, 0.25) is 5.91 Å². The quantitative estimate of drug-likeness (QED) is 0.738. The molecule has 1 aromatic rings. The van der Waals surface area contributed by atoms with Crippen molar-refractivity contribution < 1.29 is 24.2 Å². The van der Waals surface area contributed by atoms with E-state index in [4.69, 9.17) is 9.47 Å². The average Bonchev–Trinajstić information content (AvgIpc) is 2.89. The van der Waals surface area contributed by atoms with Gasteiger partial charge in [-0.15, -0.1) is 0 Å². The molecule has 0 saturated heterocycles. The minimum atomic E-state index is -0.957. The van der Waals surface area contributed by atoms with Crippen LogP contribution in [-0.2, 0) is 9.59 Å². The second-order valence-electron chi connectivity index (χ2n) is 6.46. The number of carbonyl (C=O) groups is 2. The second-order valence-corrected chi connectivity index (χ2v) is 6.46. The van der Waals surface area contributed by atoms with Crippen LogP contribution in [0.1, 0.15) is 56.6 Å². The van der Waals surface area contributed by atoms with Crippen molar-refractivity contribution >= 4 is 11.9 Å². The summed E-state index contributed by atoms with van der Waals surface area (Å²) >= 11 is 0. The number of amides is 1. The van der Waals surface area contributed by atoms with Crippen molar-refractivity contribution in [3.05, 3.63) is 23.8 Å². The highest BCUT2D eigenvalue weighted by Crippen LogP contribution is 2.31. The van der Waals surface area contributed by atoms with Gasteiger partial charge in [-0.3, -0.25) is 9.59 Å². The lowest BCUT2D eigenvalue weighted by molar-refractivity contribution is -0.138. The lowest BCUT2D eigenvalue weighted by atomic mass is 9.97. The van der Waals surface area contributed by atoms with Crippen molar-refractivity contribution in [1.82, 2.24) is 5.32 Å². The van der Waals surface area contributed by atoms with Gasteiger partial charge in [-0.05, 0) is 30.5 Å². The molecule has 1 aliphatic rings. The molecule has 1 amide bonds. The minimum Gasteiger partial charge on any atom is -0.493 e. The Kier molecular flexibility index (Phi) is 7.10. The summed E-state index contributed by atoms with van der Waals surface area (Å²) in [5.74, 6) is 0.0392. The van der Waals surface area contributed by atoms with E-state index in [9.17, 15) is 14.7 Å². The third-order valence-electron chi connectivity index (χ3n) is 4.73. The lowest BCUT2D eigenvalue weighted by Crippen LogP contribution is -2.35. The molecule has 1 unspecified atom stereocenters. The molecular formula is C19H27NO5. The normalized spacial score (nSPS) is 16.6. The van der Waals surface area contributed by atoms with Gasteiger partial charge in [-0.2, -0.15) is 0 Å². The third kappa shape index (κ3) is 5.37. The van der Waals surface area contributed by atoms with Crippen LogP contribution in [0.25, 0.3) is 0 Å². The standard InChI is InChI=1S/C19H27NO5/c1-24-16-10-9-14(11-17(16)25-2)15(12-18(21)22)20-19(23)13-7-5-3-4-6-8-13/h9-11,13,15H,3-8,12H2,1-2H3,(H,20,23)(H,21,22). The Hall–Kier alpha value is -2.24. The molecule has 0 bridgehead atoms. The number of methoxy groups -OCH3 is 2. The first kappa shape index (κ1) is 19.1. The highest BCUT2D eigenvalue weighted by Gasteiger charge is 2.25. The Morgan fingerprint density at radius 2 is 1.76 bits per heavy atom. The molecule has 2 N–H and O–H groups in total. The van der Waals surface area contributed by atoms with E-state index in [1.807, 2.05) is 0 Å². The Morgan fingerprint density at radius 3 is 2.32 bits per heavy atom. The largest absolute Gasteiger partial charge is 0.493 e. The predicted molar refractivity (Wildman–Crippen MR) is 93.9 cm³/mol. The molecule has 1 aromatic carbocycles. The number of rotatable bonds is 7. The number of carboxylic acid groups (broad SMARTS) is 1. The smallest absolute Gasteiger partial charge is 0.305 e. The highest BCUT2D eigenvalue weighted by atomic mass is 16.5. The van der Waals surface area contributed by atoms with E-state index >= 15 is 0 Å². The van der Waals surface area contributed by atoms with E-state index in [1.165, 1.54) is 7.11 Å². The van der Waals surface area contributed by atoms with Gasteiger partial charge in [-0.1, -0.05) is 31.7 Å². The molecule has 138 valence electrons. The highest BCUT2D eigenvalue weighted by molar-refractivity contribution is 5.80. The van der Waals surface area contributed by atoms with Crippen molar-refractivity contribution in [1.29, 1.82) is 0 Å². The number of hydrogen-bond acceptors (Lipinski definition) is 4. The van der Waals surface area contributed by atoms with E-state index in [0.717, 1.165) is 38.5 Å². The molecule has 1 aliphatic carbocycles. The Morgan fingerprint density at radius 1 is 1.12 bits per heavy atom. The molecule has 0 spiro atoms. The van der Waals surface area contributed by atoms with Gasteiger partial charge in [0.05, 0.1) is 26.7 Å². The van der Waals surface area contributed by atoms with Crippen LogP contribution in [0, 0.1) is 5.92 Å². The third-order valence-corrected chi connectivity index (χ3v) is 4.73. The topological polar surface area (TPSA) is 84.9 Å². The summed E-state index contributed by atoms with van der Waals surface area (Å²) in [6, 6.07) is 4.62. The van der Waals surface area contributed by atoms with Crippen LogP contribution in [0.15, 0.2) is 18.2 Å². The van der Waals surface area contributed by atoms with Crippen molar-refractivity contribution in [2.45, 2.75) is 51.0 Å². The van der Waals surface area contributed by atoms with Crippen LogP contribution >= 0.6 is 0 Å². The van der Waals surface area contributed by atoms with E-state index in [1.54, 1.807) is 25.3 Å². The van der Waals surface area contributed by atoms with Gasteiger partial charge in [0, 0.05) is 5.92 Å². The SMILES string of the molecule is COc1ccc(C(CC(=O)O)NC(=O)C2CCCCCC2)cc1OC. The Balaban J connectivity index is 2.17. The van der Waals surface area contributed by atoms with Crippen LogP contribution in [0.3, 0.4) is 0 Å². The first-order chi connectivity index (χ1) is 12.0. The zero-order valence-corrected chi connectivity index (χ0v) is 14.9. The lowest BCUT2D eigenvalue weighted by Gasteiger charge is -2.22. The second kappa shape index (κ2) is 9.30. The number of carbonyl (C=O) groups excluding carboxylic acids is 1. The average molecular weight is 349 g/mol. The van der Waals surface area contributed by atoms with Crippen LogP contribution < -0.4 is 14.8 Å². The number of nitrogens with one attached hydrogen (secondary N) is 1. The van der Waals surface area contributed by atoms with Gasteiger partial charge in [-0.25, -0.2) is 0 Å². The van der Waals surface area contributed by atoms with Crippen molar-refractivity contribution in [2.75, 3.05) is 14.2 Å². The maximum absolute atomic E-state index is 12.6. The van der Waals surface area contributed by atoms with E-state index in [0.29, 0.717) is 17.1 Å². The minimum absolute atomic E-state index is 0.0288. The van der Waals surface area contributed by atoms with Gasteiger partial charge >= 0.3 is 5.97 Å². The molecule has 1 fully saturated rings. The molecule has 2 rings (SSSR count). The summed E-state index contributed by atoms with van der Waals surface area (Å²) in [6.07, 6.45) is 6.01. The van der Waals surface area contributed by atoms with Gasteiger partial charge in [0.1, 0.15) is 0 Å². The molecule has 0 radical (unpaired) electrons. The fourth-order valence-corrected chi connectivity index (χ4v) is 3.33. The van der Waals surface area contributed by atoms with Gasteiger partial charge in [0.15, 0.2) is 11.5 Å². The molecular weight excluding hydrogens is 322 g/mol. The molecule has 6 nitrogen and oxygen atoms in total. The van der Waals surface area contributed by atoms with Crippen LogP contribution in [-0.4, -0.2) is 31.2 Å². The van der Waals surface area contributed by atoms with E-state index in [2.05, 4.69) is 5.32 Å². The Bertz CT molecular complexity index is 593. The van der Waals surface area contributed by atoms with E-state index < -0.39 is 12.0 Å². The predicted octanol–water partition coefficient (Wildman–Crippen LogP) is 3.31. The Labute approximate surface area is 148 Å². The number of carboxylic acids is 1. The van der Waals surface area contributed by atoms with Crippen LogP contribution in [0.2, 0.25) is 0 Å². The molecule has 6 heteroatoms. The van der Waals surface area contributed by atoms with Crippen LogP contribution in [0.4, 0.5) is 0 Å². The number of benzene rings is 1. The maximum Gasteiger partial charge on any atom is 0.305 e. The molecule has 0 heterocycles. The number of hydrogen-bond donors (Lipinski definition) is 2. The summed E-state index contributed by atoms with van der Waals surface area (Å²) < 4.78 is 10.5. The molecule has 1 saturated carbocycles. The fraction of sp³-hybridized carbons (Fsp3) is 0.579. The summed E-state index contributed by atoms with van der Waals surface area (Å²) in [5, 5.41) is 12.2. The van der Waals surface area contributed by atoms with Gasteiger partial charge < -0.3 is 19.9 Å². The summed E-state index contributed by atoms with van der Waals surface area (Å²) in [7, 11) is 3.07. The van der Waals surface area contributed by atoms with Crippen molar-refractivity contribution in [2.24, 2.45) is 5.92 Å². The zero-order chi connectivity index (χ0) is 18.2. The molecule has 25 heavy (non-hydrogen) atoms. The first-order valence-corrected chi connectivity index (χ1v) is 8.79. The summed E-state index contributed by atoms with van der Waals surface area (Å²) in [5.41, 5.74) is 0.696. The fourth-order valence-electron chi connectivity index (χ4n) is 3.33. The van der Waals surface area contributed by atoms with Gasteiger partial charge in [0.25, 0.3) is 0 Å². The molecule has 1 atom stereocenters. The molecule has 0 aliphatic heterocycles. The monoisotopic (exact) mass is 349 g/mol. The zero-order valence-electron chi connectivity index (χ0n) is 14.9. The maximum atomic E-state index is 12.6. The van der Waals surface area contributed by atoms with Crippen LogP contribution in [0.5, 0.6) is 11.5 Å². The van der Waals surface area contributed by atoms with Crippen molar-refractivity contribution in [3.8, 4) is 11.5 Å².